The summed E-state index contributed by atoms with van der Waals surface area (Å²) in [4.78, 5) is 0. The number of methoxy groups -OCH3 is 1. The van der Waals surface area contributed by atoms with Crippen molar-refractivity contribution in [1.82, 2.24) is 0 Å². The highest BCUT2D eigenvalue weighted by Crippen LogP contribution is 2.44. The minimum Gasteiger partial charge on any atom is -0.495 e. The molecule has 0 aromatic heterocycles. The van der Waals surface area contributed by atoms with E-state index in [1.165, 1.54) is 7.11 Å². The molecule has 1 saturated carbocycles. The fourth-order valence-electron chi connectivity index (χ4n) is 1.59. The van der Waals surface area contributed by atoms with Gasteiger partial charge in [-0.25, -0.2) is 0 Å². The third-order valence-corrected chi connectivity index (χ3v) is 3.28. The summed E-state index contributed by atoms with van der Waals surface area (Å²) >= 11 is 12.0. The van der Waals surface area contributed by atoms with E-state index in [1.807, 2.05) is 0 Å². The molecule has 4 heteroatoms. The Hall–Kier alpha value is -0.440. The Labute approximate surface area is 98.8 Å². The number of rotatable bonds is 3. The van der Waals surface area contributed by atoms with Crippen LogP contribution in [0.25, 0.3) is 0 Å². The van der Waals surface area contributed by atoms with Gasteiger partial charge >= 0.3 is 0 Å². The molecular weight excluding hydrogens is 235 g/mol. The largest absolute Gasteiger partial charge is 0.495 e. The minimum absolute atomic E-state index is 0.340. The van der Waals surface area contributed by atoms with Crippen LogP contribution in [0.5, 0.6) is 5.75 Å². The van der Waals surface area contributed by atoms with E-state index in [1.54, 1.807) is 12.1 Å². The third kappa shape index (κ3) is 2.22. The highest BCUT2D eigenvalue weighted by molar-refractivity contribution is 6.34. The lowest BCUT2D eigenvalue weighted by molar-refractivity contribution is 0.154. The molecule has 0 radical (unpaired) electrons. The van der Waals surface area contributed by atoms with Crippen molar-refractivity contribution in [3.8, 4) is 5.75 Å². The summed E-state index contributed by atoms with van der Waals surface area (Å²) in [6.07, 6.45) is 1.61. The average Bonchev–Trinajstić information content (AvgIpc) is 3.03. The van der Waals surface area contributed by atoms with Crippen LogP contribution in [0, 0.1) is 5.92 Å². The van der Waals surface area contributed by atoms with Crippen molar-refractivity contribution >= 4 is 23.2 Å². The molecule has 0 aliphatic heterocycles. The van der Waals surface area contributed by atoms with Crippen LogP contribution >= 0.6 is 23.2 Å². The maximum Gasteiger partial charge on any atom is 0.138 e. The molecule has 2 rings (SSSR count). The van der Waals surface area contributed by atoms with E-state index in [9.17, 15) is 5.11 Å². The molecule has 0 spiro atoms. The molecule has 1 aliphatic rings. The predicted molar refractivity (Wildman–Crippen MR) is 60.7 cm³/mol. The fraction of sp³-hybridized carbons (Fsp3) is 0.455. The Morgan fingerprint density at radius 1 is 1.33 bits per heavy atom. The van der Waals surface area contributed by atoms with Gasteiger partial charge in [-0.3, -0.25) is 0 Å². The van der Waals surface area contributed by atoms with Crippen LogP contribution < -0.4 is 4.74 Å². The molecule has 1 atom stereocenters. The SMILES string of the molecule is COc1cc(Cl)c(C(O)C2CC2)cc1Cl. The molecule has 1 aliphatic carbocycles. The molecule has 1 N–H and O–H groups in total. The monoisotopic (exact) mass is 246 g/mol. The van der Waals surface area contributed by atoms with Gasteiger partial charge in [-0.15, -0.1) is 0 Å². The van der Waals surface area contributed by atoms with E-state index >= 15 is 0 Å². The number of aliphatic hydroxyl groups is 1. The van der Waals surface area contributed by atoms with Gasteiger partial charge in [-0.2, -0.15) is 0 Å². The van der Waals surface area contributed by atoms with Gasteiger partial charge in [0.05, 0.1) is 23.3 Å². The van der Waals surface area contributed by atoms with Crippen LogP contribution in [0.1, 0.15) is 24.5 Å². The Morgan fingerprint density at radius 3 is 2.53 bits per heavy atom. The van der Waals surface area contributed by atoms with E-state index in [0.717, 1.165) is 12.8 Å². The summed E-state index contributed by atoms with van der Waals surface area (Å²) in [5, 5.41) is 10.9. The van der Waals surface area contributed by atoms with Gasteiger partial charge in [0.25, 0.3) is 0 Å². The van der Waals surface area contributed by atoms with Crippen molar-refractivity contribution in [2.24, 2.45) is 5.92 Å². The zero-order valence-electron chi connectivity index (χ0n) is 8.34. The first kappa shape index (κ1) is 11.1. The predicted octanol–water partition coefficient (Wildman–Crippen LogP) is 3.45. The summed E-state index contributed by atoms with van der Waals surface area (Å²) in [6, 6.07) is 3.33. The molecule has 0 amide bonds. The van der Waals surface area contributed by atoms with Crippen molar-refractivity contribution in [2.75, 3.05) is 7.11 Å². The summed E-state index contributed by atoms with van der Waals surface area (Å²) in [6.45, 7) is 0. The first-order chi connectivity index (χ1) is 7.13. The Balaban J connectivity index is 2.34. The second kappa shape index (κ2) is 4.20. The van der Waals surface area contributed by atoms with Gasteiger partial charge in [0.15, 0.2) is 0 Å². The van der Waals surface area contributed by atoms with Crippen LogP contribution in [-0.4, -0.2) is 12.2 Å². The number of benzene rings is 1. The molecule has 2 nitrogen and oxygen atoms in total. The second-order valence-electron chi connectivity index (χ2n) is 3.79. The Kier molecular flexibility index (Phi) is 3.10. The smallest absolute Gasteiger partial charge is 0.138 e. The topological polar surface area (TPSA) is 29.5 Å². The lowest BCUT2D eigenvalue weighted by Crippen LogP contribution is -2.01. The standard InChI is InChI=1S/C11H12Cl2O2/c1-15-10-5-8(12)7(4-9(10)13)11(14)6-2-3-6/h4-6,11,14H,2-3H2,1H3. The molecule has 0 heterocycles. The van der Waals surface area contributed by atoms with Gasteiger partial charge in [0.1, 0.15) is 5.75 Å². The number of aliphatic hydroxyl groups excluding tert-OH is 1. The van der Waals surface area contributed by atoms with Crippen LogP contribution in [0.3, 0.4) is 0 Å². The first-order valence-corrected chi connectivity index (χ1v) is 5.60. The molecule has 1 unspecified atom stereocenters. The minimum atomic E-state index is -0.499. The summed E-state index contributed by atoms with van der Waals surface area (Å²) in [7, 11) is 1.54. The Bertz CT molecular complexity index is 375. The van der Waals surface area contributed by atoms with Crippen LogP contribution in [0.4, 0.5) is 0 Å². The quantitative estimate of drug-likeness (QED) is 0.886. The zero-order valence-corrected chi connectivity index (χ0v) is 9.85. The first-order valence-electron chi connectivity index (χ1n) is 4.84. The van der Waals surface area contributed by atoms with E-state index in [-0.39, 0.29) is 0 Å². The summed E-state index contributed by atoms with van der Waals surface area (Å²) in [5.74, 6) is 0.875. The number of hydrogen-bond acceptors (Lipinski definition) is 2. The van der Waals surface area contributed by atoms with E-state index in [4.69, 9.17) is 27.9 Å². The van der Waals surface area contributed by atoms with Gasteiger partial charge in [-0.1, -0.05) is 23.2 Å². The van der Waals surface area contributed by atoms with Crippen LogP contribution in [0.15, 0.2) is 12.1 Å². The van der Waals surface area contributed by atoms with Crippen molar-refractivity contribution in [3.05, 3.63) is 27.7 Å². The lowest BCUT2D eigenvalue weighted by Gasteiger charge is -2.13. The number of ether oxygens (including phenoxy) is 1. The van der Waals surface area contributed by atoms with Crippen LogP contribution in [-0.2, 0) is 0 Å². The van der Waals surface area contributed by atoms with Gasteiger partial charge in [0.2, 0.25) is 0 Å². The zero-order chi connectivity index (χ0) is 11.0. The van der Waals surface area contributed by atoms with Crippen molar-refractivity contribution in [2.45, 2.75) is 18.9 Å². The molecule has 1 aromatic carbocycles. The normalized spacial score (nSPS) is 17.6. The fourth-order valence-corrected chi connectivity index (χ4v) is 2.11. The van der Waals surface area contributed by atoms with Gasteiger partial charge in [0, 0.05) is 11.6 Å². The van der Waals surface area contributed by atoms with Gasteiger partial charge in [-0.05, 0) is 24.8 Å². The maximum atomic E-state index is 9.95. The molecule has 0 saturated heterocycles. The highest BCUT2D eigenvalue weighted by atomic mass is 35.5. The molecule has 82 valence electrons. The van der Waals surface area contributed by atoms with E-state index in [2.05, 4.69) is 0 Å². The summed E-state index contributed by atoms with van der Waals surface area (Å²) < 4.78 is 5.04. The molecule has 1 aromatic rings. The van der Waals surface area contributed by atoms with Crippen LogP contribution in [0.2, 0.25) is 10.0 Å². The van der Waals surface area contributed by atoms with E-state index < -0.39 is 6.10 Å². The molecule has 15 heavy (non-hydrogen) atoms. The second-order valence-corrected chi connectivity index (χ2v) is 4.60. The molecule has 1 fully saturated rings. The maximum absolute atomic E-state index is 9.95. The lowest BCUT2D eigenvalue weighted by atomic mass is 10.1. The third-order valence-electron chi connectivity index (χ3n) is 2.66. The number of hydrogen-bond donors (Lipinski definition) is 1. The average molecular weight is 247 g/mol. The van der Waals surface area contributed by atoms with Crippen molar-refractivity contribution in [1.29, 1.82) is 0 Å². The highest BCUT2D eigenvalue weighted by Gasteiger charge is 2.32. The summed E-state index contributed by atoms with van der Waals surface area (Å²) in [5.41, 5.74) is 0.699. The molecular formula is C11H12Cl2O2. The van der Waals surface area contributed by atoms with Gasteiger partial charge < -0.3 is 9.84 Å². The number of halogens is 2. The Morgan fingerprint density at radius 2 is 2.00 bits per heavy atom. The van der Waals surface area contributed by atoms with Crippen molar-refractivity contribution in [3.63, 3.8) is 0 Å². The van der Waals surface area contributed by atoms with E-state index in [0.29, 0.717) is 27.3 Å². The molecule has 0 bridgehead atoms. The van der Waals surface area contributed by atoms with Crippen molar-refractivity contribution < 1.29 is 9.84 Å².